The molecular formula is C19H14Cl2O3. The summed E-state index contributed by atoms with van der Waals surface area (Å²) in [6.07, 6.45) is 4.88. The highest BCUT2D eigenvalue weighted by Gasteiger charge is 2.23. The minimum atomic E-state index is -0.0107. The number of allylic oxidation sites excluding steroid dienone is 2. The quantitative estimate of drug-likeness (QED) is 0.720. The number of phenolic OH excluding ortho intramolecular Hbond substituents is 2. The lowest BCUT2D eigenvalue weighted by molar-refractivity contribution is -0.111. The second kappa shape index (κ2) is 6.71. The highest BCUT2D eigenvalue weighted by molar-refractivity contribution is 6.32. The number of ketones is 1. The number of aromatic hydroxyl groups is 2. The smallest absolute Gasteiger partial charge is 0.185 e. The zero-order valence-electron chi connectivity index (χ0n) is 12.6. The molecule has 3 nitrogen and oxygen atoms in total. The van der Waals surface area contributed by atoms with Crippen LogP contribution in [0.3, 0.4) is 0 Å². The van der Waals surface area contributed by atoms with E-state index in [1.165, 1.54) is 12.1 Å². The number of halogens is 2. The molecule has 3 rings (SSSR count). The molecule has 0 aromatic heterocycles. The standard InChI is InChI=1S/C19H14Cl2O3/c20-15-9-11(1-5-17(15)22)7-13-3-4-14(19(13)24)8-12-2-6-18(23)16(21)10-12/h1-2,5-10,22-23H,3-4H2. The maximum atomic E-state index is 12.5. The Morgan fingerprint density at radius 3 is 1.58 bits per heavy atom. The highest BCUT2D eigenvalue weighted by atomic mass is 35.5. The molecule has 24 heavy (non-hydrogen) atoms. The Morgan fingerprint density at radius 1 is 0.792 bits per heavy atom. The van der Waals surface area contributed by atoms with Gasteiger partial charge in [-0.3, -0.25) is 4.79 Å². The van der Waals surface area contributed by atoms with Crippen LogP contribution in [0.1, 0.15) is 24.0 Å². The van der Waals surface area contributed by atoms with E-state index >= 15 is 0 Å². The van der Waals surface area contributed by atoms with E-state index in [-0.39, 0.29) is 27.3 Å². The third-order valence-electron chi connectivity index (χ3n) is 3.87. The fourth-order valence-corrected chi connectivity index (χ4v) is 2.98. The van der Waals surface area contributed by atoms with Gasteiger partial charge in [0.1, 0.15) is 11.5 Å². The lowest BCUT2D eigenvalue weighted by atomic mass is 10.1. The zero-order valence-corrected chi connectivity index (χ0v) is 14.1. The Bertz CT molecular complexity index is 811. The van der Waals surface area contributed by atoms with Crippen LogP contribution in [0.4, 0.5) is 0 Å². The van der Waals surface area contributed by atoms with Gasteiger partial charge in [0.05, 0.1) is 10.0 Å². The van der Waals surface area contributed by atoms with E-state index < -0.39 is 0 Å². The first kappa shape index (κ1) is 16.6. The molecule has 1 saturated carbocycles. The molecule has 2 aromatic rings. The number of carbonyl (C=O) groups is 1. The molecule has 0 aliphatic heterocycles. The summed E-state index contributed by atoms with van der Waals surface area (Å²) in [5, 5.41) is 19.4. The van der Waals surface area contributed by atoms with Gasteiger partial charge < -0.3 is 10.2 Å². The number of hydrogen-bond acceptors (Lipinski definition) is 3. The lowest BCUT2D eigenvalue weighted by Crippen LogP contribution is -1.95. The maximum Gasteiger partial charge on any atom is 0.185 e. The Morgan fingerprint density at radius 2 is 1.21 bits per heavy atom. The second-order valence-electron chi connectivity index (χ2n) is 5.59. The first-order valence-electron chi connectivity index (χ1n) is 7.37. The van der Waals surface area contributed by atoms with E-state index in [1.807, 2.05) is 0 Å². The van der Waals surface area contributed by atoms with Gasteiger partial charge in [0.15, 0.2) is 5.78 Å². The summed E-state index contributed by atoms with van der Waals surface area (Å²) in [7, 11) is 0. The molecule has 0 amide bonds. The van der Waals surface area contributed by atoms with Crippen LogP contribution in [0.25, 0.3) is 12.2 Å². The Balaban J connectivity index is 1.86. The fraction of sp³-hybridized carbons (Fsp3) is 0.105. The average Bonchev–Trinajstić information content (AvgIpc) is 2.88. The van der Waals surface area contributed by atoms with Gasteiger partial charge in [-0.1, -0.05) is 35.3 Å². The summed E-state index contributed by atoms with van der Waals surface area (Å²) >= 11 is 11.8. The number of carbonyl (C=O) groups excluding carboxylic acids is 1. The van der Waals surface area contributed by atoms with Crippen LogP contribution >= 0.6 is 23.2 Å². The van der Waals surface area contributed by atoms with Crippen LogP contribution < -0.4 is 0 Å². The summed E-state index contributed by atoms with van der Waals surface area (Å²) in [6, 6.07) is 9.68. The first-order valence-corrected chi connectivity index (χ1v) is 8.12. The molecule has 1 aliphatic rings. The first-order chi connectivity index (χ1) is 11.4. The lowest BCUT2D eigenvalue weighted by Gasteiger charge is -2.01. The zero-order chi connectivity index (χ0) is 17.3. The average molecular weight is 361 g/mol. The molecule has 0 bridgehead atoms. The van der Waals surface area contributed by atoms with E-state index in [2.05, 4.69) is 0 Å². The largest absolute Gasteiger partial charge is 0.506 e. The molecular weight excluding hydrogens is 347 g/mol. The Labute approximate surface area is 149 Å². The SMILES string of the molecule is O=C1C(=Cc2ccc(O)c(Cl)c2)CCC1=Cc1ccc(O)c(Cl)c1. The van der Waals surface area contributed by atoms with Gasteiger partial charge in [-0.2, -0.15) is 0 Å². The Hall–Kier alpha value is -2.23. The van der Waals surface area contributed by atoms with Crippen molar-refractivity contribution in [1.29, 1.82) is 0 Å². The van der Waals surface area contributed by atoms with Crippen molar-refractivity contribution in [2.75, 3.05) is 0 Å². The van der Waals surface area contributed by atoms with Gasteiger partial charge >= 0.3 is 0 Å². The van der Waals surface area contributed by atoms with Crippen molar-refractivity contribution in [3.05, 3.63) is 68.7 Å². The summed E-state index contributed by atoms with van der Waals surface area (Å²) < 4.78 is 0. The van der Waals surface area contributed by atoms with Gasteiger partial charge in [-0.05, 0) is 60.4 Å². The van der Waals surface area contributed by atoms with Crippen molar-refractivity contribution in [3.63, 3.8) is 0 Å². The van der Waals surface area contributed by atoms with Crippen molar-refractivity contribution in [3.8, 4) is 11.5 Å². The topological polar surface area (TPSA) is 57.5 Å². The monoisotopic (exact) mass is 360 g/mol. The molecule has 0 atom stereocenters. The molecule has 1 aliphatic carbocycles. The van der Waals surface area contributed by atoms with Crippen molar-refractivity contribution < 1.29 is 15.0 Å². The van der Waals surface area contributed by atoms with Crippen LogP contribution in [0.15, 0.2) is 47.5 Å². The van der Waals surface area contributed by atoms with Crippen LogP contribution in [0.2, 0.25) is 10.0 Å². The number of phenols is 2. The number of benzene rings is 2. The molecule has 0 spiro atoms. The fourth-order valence-electron chi connectivity index (χ4n) is 2.61. The van der Waals surface area contributed by atoms with E-state index in [9.17, 15) is 15.0 Å². The molecule has 0 saturated heterocycles. The molecule has 1 fully saturated rings. The van der Waals surface area contributed by atoms with Gasteiger partial charge in [0.2, 0.25) is 0 Å². The number of rotatable bonds is 2. The van der Waals surface area contributed by atoms with Crippen molar-refractivity contribution in [2.24, 2.45) is 0 Å². The molecule has 0 radical (unpaired) electrons. The molecule has 2 N–H and O–H groups in total. The van der Waals surface area contributed by atoms with Crippen molar-refractivity contribution >= 4 is 41.1 Å². The molecule has 2 aromatic carbocycles. The van der Waals surface area contributed by atoms with Crippen LogP contribution in [-0.4, -0.2) is 16.0 Å². The summed E-state index contributed by atoms with van der Waals surface area (Å²) in [4.78, 5) is 12.5. The highest BCUT2D eigenvalue weighted by Crippen LogP contribution is 2.32. The molecule has 0 unspecified atom stereocenters. The predicted molar refractivity (Wildman–Crippen MR) is 96.4 cm³/mol. The van der Waals surface area contributed by atoms with Gasteiger partial charge in [-0.25, -0.2) is 0 Å². The molecule has 122 valence electrons. The van der Waals surface area contributed by atoms with Gasteiger partial charge in [-0.15, -0.1) is 0 Å². The normalized spacial score (nSPS) is 17.8. The minimum Gasteiger partial charge on any atom is -0.506 e. The van der Waals surface area contributed by atoms with E-state index in [1.54, 1.807) is 36.4 Å². The summed E-state index contributed by atoms with van der Waals surface area (Å²) in [6.45, 7) is 0. The number of Topliss-reactive ketones (excluding diaryl/α,β-unsaturated/α-hetero) is 1. The van der Waals surface area contributed by atoms with E-state index in [0.717, 1.165) is 11.1 Å². The molecule has 0 heterocycles. The van der Waals surface area contributed by atoms with E-state index in [0.29, 0.717) is 24.0 Å². The summed E-state index contributed by atoms with van der Waals surface area (Å²) in [5.74, 6) is 0.0195. The van der Waals surface area contributed by atoms with Crippen LogP contribution in [0.5, 0.6) is 11.5 Å². The summed E-state index contributed by atoms with van der Waals surface area (Å²) in [5.41, 5.74) is 2.95. The van der Waals surface area contributed by atoms with Gasteiger partial charge in [0, 0.05) is 11.1 Å². The number of hydrogen-bond donors (Lipinski definition) is 2. The van der Waals surface area contributed by atoms with Crippen molar-refractivity contribution in [2.45, 2.75) is 12.8 Å². The third kappa shape index (κ3) is 3.48. The third-order valence-corrected chi connectivity index (χ3v) is 4.48. The van der Waals surface area contributed by atoms with Crippen molar-refractivity contribution in [1.82, 2.24) is 0 Å². The predicted octanol–water partition coefficient (Wildman–Crippen LogP) is 5.23. The van der Waals surface area contributed by atoms with Gasteiger partial charge in [0.25, 0.3) is 0 Å². The molecule has 5 heteroatoms. The van der Waals surface area contributed by atoms with Crippen LogP contribution in [0, 0.1) is 0 Å². The van der Waals surface area contributed by atoms with Crippen LogP contribution in [-0.2, 0) is 4.79 Å². The van der Waals surface area contributed by atoms with E-state index in [4.69, 9.17) is 23.2 Å². The maximum absolute atomic E-state index is 12.5. The Kier molecular flexibility index (Phi) is 4.65. The minimum absolute atomic E-state index is 0.0107. The second-order valence-corrected chi connectivity index (χ2v) is 6.40.